The second-order valence-electron chi connectivity index (χ2n) is 6.40. The van der Waals surface area contributed by atoms with Gasteiger partial charge in [0.05, 0.1) is 4.92 Å². The van der Waals surface area contributed by atoms with Crippen molar-refractivity contribution >= 4 is 17.3 Å². The Labute approximate surface area is 147 Å². The van der Waals surface area contributed by atoms with Gasteiger partial charge in [0.2, 0.25) is 0 Å². The molecule has 0 bridgehead atoms. The maximum atomic E-state index is 10.8. The van der Waals surface area contributed by atoms with Gasteiger partial charge < -0.3 is 4.74 Å². The number of rotatable bonds is 6. The highest BCUT2D eigenvalue weighted by Gasteiger charge is 2.18. The zero-order chi connectivity index (χ0) is 17.9. The minimum atomic E-state index is -0.419. The summed E-state index contributed by atoms with van der Waals surface area (Å²) in [6, 6.07) is 10.3. The number of nitro benzene ring substituents is 1. The summed E-state index contributed by atoms with van der Waals surface area (Å²) >= 11 is 6.04. The molecule has 0 saturated carbocycles. The summed E-state index contributed by atoms with van der Waals surface area (Å²) in [7, 11) is 0. The minimum absolute atomic E-state index is 0.0491. The number of non-ortho nitro benzene ring substituents is 1. The quantitative estimate of drug-likeness (QED) is 0.346. The van der Waals surface area contributed by atoms with E-state index in [9.17, 15) is 10.1 Å². The van der Waals surface area contributed by atoms with Crippen molar-refractivity contribution in [3.63, 3.8) is 0 Å². The molecular formula is C19H22ClNO3. The highest BCUT2D eigenvalue weighted by molar-refractivity contribution is 6.17. The van der Waals surface area contributed by atoms with E-state index in [4.69, 9.17) is 16.3 Å². The van der Waals surface area contributed by atoms with Crippen LogP contribution in [0.1, 0.15) is 56.2 Å². The van der Waals surface area contributed by atoms with Crippen LogP contribution >= 0.6 is 11.6 Å². The van der Waals surface area contributed by atoms with Gasteiger partial charge in [-0.05, 0) is 40.7 Å². The second kappa shape index (κ2) is 7.67. The van der Waals surface area contributed by atoms with E-state index in [1.54, 1.807) is 12.1 Å². The Morgan fingerprint density at radius 1 is 1.04 bits per heavy atom. The zero-order valence-electron chi connectivity index (χ0n) is 14.4. The molecule has 0 aliphatic carbocycles. The second-order valence-corrected chi connectivity index (χ2v) is 6.67. The smallest absolute Gasteiger partial charge is 0.269 e. The van der Waals surface area contributed by atoms with Crippen molar-refractivity contribution in [3.8, 4) is 11.5 Å². The van der Waals surface area contributed by atoms with Crippen LogP contribution in [0.3, 0.4) is 0 Å². The number of hydrogen-bond donors (Lipinski definition) is 0. The van der Waals surface area contributed by atoms with Crippen molar-refractivity contribution in [2.75, 3.05) is 0 Å². The summed E-state index contributed by atoms with van der Waals surface area (Å²) in [6.45, 7) is 8.45. The first kappa shape index (κ1) is 18.3. The van der Waals surface area contributed by atoms with Crippen molar-refractivity contribution in [1.29, 1.82) is 0 Å². The first-order chi connectivity index (χ1) is 11.3. The molecule has 0 aromatic heterocycles. The molecule has 24 heavy (non-hydrogen) atoms. The Morgan fingerprint density at radius 3 is 1.92 bits per heavy atom. The van der Waals surface area contributed by atoms with Crippen LogP contribution < -0.4 is 4.74 Å². The average molecular weight is 348 g/mol. The minimum Gasteiger partial charge on any atom is -0.457 e. The van der Waals surface area contributed by atoms with Crippen molar-refractivity contribution in [2.45, 2.75) is 45.4 Å². The Bertz CT molecular complexity index is 695. The van der Waals surface area contributed by atoms with Crippen LogP contribution in [0.5, 0.6) is 11.5 Å². The monoisotopic (exact) mass is 347 g/mol. The normalized spacial score (nSPS) is 11.1. The number of halogens is 1. The van der Waals surface area contributed by atoms with Gasteiger partial charge in [0, 0.05) is 18.0 Å². The van der Waals surface area contributed by atoms with Crippen LogP contribution in [-0.2, 0) is 5.88 Å². The standard InChI is InChI=1S/C19H22ClNO3/c1-12(2)17-9-14(11-20)10-18(13(3)4)19(17)24-16-7-5-15(6-8-16)21(22)23/h5-10,12-13H,11H2,1-4H3. The molecule has 2 aromatic carbocycles. The lowest BCUT2D eigenvalue weighted by Gasteiger charge is -2.21. The van der Waals surface area contributed by atoms with Crippen molar-refractivity contribution in [2.24, 2.45) is 0 Å². The molecule has 0 heterocycles. The molecule has 2 rings (SSSR count). The number of benzene rings is 2. The lowest BCUT2D eigenvalue weighted by Crippen LogP contribution is -2.02. The van der Waals surface area contributed by atoms with Gasteiger partial charge in [-0.1, -0.05) is 39.8 Å². The predicted molar refractivity (Wildman–Crippen MR) is 97.3 cm³/mol. The summed E-state index contributed by atoms with van der Waals surface area (Å²) in [6.07, 6.45) is 0. The third kappa shape index (κ3) is 4.06. The zero-order valence-corrected chi connectivity index (χ0v) is 15.1. The van der Waals surface area contributed by atoms with Crippen LogP contribution in [0, 0.1) is 10.1 Å². The maximum absolute atomic E-state index is 10.8. The molecule has 5 heteroatoms. The SMILES string of the molecule is CC(C)c1cc(CCl)cc(C(C)C)c1Oc1ccc([N+](=O)[O-])cc1. The Kier molecular flexibility index (Phi) is 5.84. The molecule has 0 saturated heterocycles. The predicted octanol–water partition coefficient (Wildman–Crippen LogP) is 6.37. The van der Waals surface area contributed by atoms with E-state index >= 15 is 0 Å². The van der Waals surface area contributed by atoms with E-state index in [2.05, 4.69) is 39.8 Å². The third-order valence-corrected chi connectivity index (χ3v) is 4.18. The van der Waals surface area contributed by atoms with E-state index in [1.807, 2.05) is 0 Å². The highest BCUT2D eigenvalue weighted by Crippen LogP contribution is 2.39. The molecule has 2 aromatic rings. The Hall–Kier alpha value is -2.07. The van der Waals surface area contributed by atoms with Crippen LogP contribution in [0.4, 0.5) is 5.69 Å². The third-order valence-electron chi connectivity index (χ3n) is 3.87. The van der Waals surface area contributed by atoms with E-state index in [1.165, 1.54) is 12.1 Å². The molecule has 0 N–H and O–H groups in total. The van der Waals surface area contributed by atoms with Gasteiger partial charge in [-0.2, -0.15) is 0 Å². The molecule has 0 radical (unpaired) electrons. The molecule has 0 amide bonds. The van der Waals surface area contributed by atoms with Gasteiger partial charge in [0.25, 0.3) is 5.69 Å². The number of nitro groups is 1. The molecule has 0 atom stereocenters. The lowest BCUT2D eigenvalue weighted by atomic mass is 9.91. The molecule has 0 aliphatic heterocycles. The van der Waals surface area contributed by atoms with Gasteiger partial charge in [0.1, 0.15) is 11.5 Å². The Morgan fingerprint density at radius 2 is 1.54 bits per heavy atom. The van der Waals surface area contributed by atoms with Gasteiger partial charge in [-0.15, -0.1) is 11.6 Å². The fraction of sp³-hybridized carbons (Fsp3) is 0.368. The van der Waals surface area contributed by atoms with Gasteiger partial charge in [0.15, 0.2) is 0 Å². The maximum Gasteiger partial charge on any atom is 0.269 e. The van der Waals surface area contributed by atoms with Crippen molar-refractivity contribution in [3.05, 3.63) is 63.2 Å². The van der Waals surface area contributed by atoms with Crippen LogP contribution in [-0.4, -0.2) is 4.92 Å². The molecule has 0 aliphatic rings. The number of alkyl halides is 1. The number of nitrogens with zero attached hydrogens (tertiary/aromatic N) is 1. The number of hydrogen-bond acceptors (Lipinski definition) is 3. The van der Waals surface area contributed by atoms with Gasteiger partial charge in [-0.25, -0.2) is 0 Å². The van der Waals surface area contributed by atoms with E-state index in [-0.39, 0.29) is 17.5 Å². The van der Waals surface area contributed by atoms with Crippen LogP contribution in [0.25, 0.3) is 0 Å². The van der Waals surface area contributed by atoms with Crippen molar-refractivity contribution in [1.82, 2.24) is 0 Å². The molecule has 0 unspecified atom stereocenters. The first-order valence-corrected chi connectivity index (χ1v) is 8.52. The largest absolute Gasteiger partial charge is 0.457 e. The Balaban J connectivity index is 2.49. The molecule has 0 spiro atoms. The summed E-state index contributed by atoms with van der Waals surface area (Å²) in [5.74, 6) is 2.42. The van der Waals surface area contributed by atoms with Crippen LogP contribution in [0.15, 0.2) is 36.4 Å². The summed E-state index contributed by atoms with van der Waals surface area (Å²) in [4.78, 5) is 10.4. The lowest BCUT2D eigenvalue weighted by molar-refractivity contribution is -0.384. The molecule has 128 valence electrons. The van der Waals surface area contributed by atoms with Crippen LogP contribution in [0.2, 0.25) is 0 Å². The summed E-state index contributed by atoms with van der Waals surface area (Å²) < 4.78 is 6.13. The first-order valence-electron chi connectivity index (χ1n) is 7.98. The summed E-state index contributed by atoms with van der Waals surface area (Å²) in [5, 5.41) is 10.8. The topological polar surface area (TPSA) is 52.4 Å². The van der Waals surface area contributed by atoms with E-state index in [0.717, 1.165) is 22.4 Å². The highest BCUT2D eigenvalue weighted by atomic mass is 35.5. The fourth-order valence-corrected chi connectivity index (χ4v) is 2.70. The molecule has 0 fully saturated rings. The molecule has 4 nitrogen and oxygen atoms in total. The van der Waals surface area contributed by atoms with E-state index < -0.39 is 4.92 Å². The van der Waals surface area contributed by atoms with E-state index in [0.29, 0.717) is 11.6 Å². The number of ether oxygens (including phenoxy) is 1. The average Bonchev–Trinajstić information content (AvgIpc) is 2.54. The fourth-order valence-electron chi connectivity index (χ4n) is 2.55. The van der Waals surface area contributed by atoms with Gasteiger partial charge >= 0.3 is 0 Å². The van der Waals surface area contributed by atoms with Crippen molar-refractivity contribution < 1.29 is 9.66 Å². The summed E-state index contributed by atoms with van der Waals surface area (Å²) in [5.41, 5.74) is 3.30. The molecular weight excluding hydrogens is 326 g/mol. The van der Waals surface area contributed by atoms with Gasteiger partial charge in [-0.3, -0.25) is 10.1 Å².